The van der Waals surface area contributed by atoms with E-state index in [1.165, 1.54) is 12.8 Å². The number of likely N-dealkylation sites (tertiary alicyclic amines) is 1. The van der Waals surface area contributed by atoms with Crippen molar-refractivity contribution in [3.8, 4) is 5.75 Å². The molecule has 2 unspecified atom stereocenters. The second kappa shape index (κ2) is 8.21. The third kappa shape index (κ3) is 4.42. The molecule has 0 spiro atoms. The monoisotopic (exact) mass is 395 g/mol. The molecule has 2 heterocycles. The third-order valence-corrected chi connectivity index (χ3v) is 5.27. The van der Waals surface area contributed by atoms with Gasteiger partial charge in [-0.05, 0) is 50.0 Å². The number of carbonyl (C=O) groups excluding carboxylic acids is 1. The number of halogens is 1. The van der Waals surface area contributed by atoms with E-state index in [9.17, 15) is 4.79 Å². The first-order chi connectivity index (χ1) is 11.7. The van der Waals surface area contributed by atoms with Crippen LogP contribution in [0.15, 0.2) is 22.7 Å². The zero-order chi connectivity index (χ0) is 16.9. The van der Waals surface area contributed by atoms with Gasteiger partial charge in [-0.25, -0.2) is 4.79 Å². The SMILES string of the molecule is CCCN1CCC(CNC(=O)NC2CCOc3ccc(Br)cc32)C1. The molecule has 1 fully saturated rings. The molecule has 0 bridgehead atoms. The molecule has 0 radical (unpaired) electrons. The predicted octanol–water partition coefficient (Wildman–Crippen LogP) is 3.30. The van der Waals surface area contributed by atoms with E-state index in [1.807, 2.05) is 18.2 Å². The molecule has 2 aliphatic rings. The smallest absolute Gasteiger partial charge is 0.315 e. The number of hydrogen-bond donors (Lipinski definition) is 2. The number of nitrogens with zero attached hydrogens (tertiary/aromatic N) is 1. The number of fused-ring (bicyclic) bond motifs is 1. The summed E-state index contributed by atoms with van der Waals surface area (Å²) in [6.07, 6.45) is 3.16. The first-order valence-electron chi connectivity index (χ1n) is 8.84. The van der Waals surface area contributed by atoms with Crippen LogP contribution in [0.2, 0.25) is 0 Å². The molecule has 0 aromatic heterocycles. The molecule has 2 N–H and O–H groups in total. The van der Waals surface area contributed by atoms with Crippen molar-refractivity contribution in [2.75, 3.05) is 32.8 Å². The van der Waals surface area contributed by atoms with Gasteiger partial charge in [-0.15, -0.1) is 0 Å². The number of ether oxygens (including phenoxy) is 1. The topological polar surface area (TPSA) is 53.6 Å². The van der Waals surface area contributed by atoms with Gasteiger partial charge >= 0.3 is 6.03 Å². The van der Waals surface area contributed by atoms with Crippen molar-refractivity contribution in [3.05, 3.63) is 28.2 Å². The zero-order valence-electron chi connectivity index (χ0n) is 14.2. The summed E-state index contributed by atoms with van der Waals surface area (Å²) in [5, 5.41) is 6.15. The predicted molar refractivity (Wildman–Crippen MR) is 98.4 cm³/mol. The van der Waals surface area contributed by atoms with Crippen molar-refractivity contribution in [1.29, 1.82) is 0 Å². The zero-order valence-corrected chi connectivity index (χ0v) is 15.8. The Kier molecular flexibility index (Phi) is 6.00. The van der Waals surface area contributed by atoms with Crippen LogP contribution >= 0.6 is 15.9 Å². The Labute approximate surface area is 152 Å². The highest BCUT2D eigenvalue weighted by Gasteiger charge is 2.25. The fraction of sp³-hybridized carbons (Fsp3) is 0.611. The minimum Gasteiger partial charge on any atom is -0.493 e. The molecule has 24 heavy (non-hydrogen) atoms. The van der Waals surface area contributed by atoms with E-state index in [2.05, 4.69) is 38.4 Å². The van der Waals surface area contributed by atoms with Crippen molar-refractivity contribution < 1.29 is 9.53 Å². The minimum atomic E-state index is -0.0817. The number of amides is 2. The molecule has 1 saturated heterocycles. The lowest BCUT2D eigenvalue weighted by Crippen LogP contribution is -2.41. The van der Waals surface area contributed by atoms with E-state index in [4.69, 9.17) is 4.74 Å². The molecule has 0 saturated carbocycles. The van der Waals surface area contributed by atoms with Gasteiger partial charge in [0.15, 0.2) is 0 Å². The van der Waals surface area contributed by atoms with Crippen LogP contribution in [-0.2, 0) is 0 Å². The second-order valence-corrected chi connectivity index (χ2v) is 7.60. The van der Waals surface area contributed by atoms with Crippen molar-refractivity contribution >= 4 is 22.0 Å². The first-order valence-corrected chi connectivity index (χ1v) is 9.64. The Morgan fingerprint density at radius 3 is 3.12 bits per heavy atom. The summed E-state index contributed by atoms with van der Waals surface area (Å²) in [7, 11) is 0. The van der Waals surface area contributed by atoms with Gasteiger partial charge in [-0.2, -0.15) is 0 Å². The summed E-state index contributed by atoms with van der Waals surface area (Å²) in [5.74, 6) is 1.43. The van der Waals surface area contributed by atoms with Gasteiger partial charge < -0.3 is 20.3 Å². The summed E-state index contributed by atoms with van der Waals surface area (Å²) >= 11 is 3.49. The highest BCUT2D eigenvalue weighted by atomic mass is 79.9. The molecule has 3 rings (SSSR count). The Balaban J connectivity index is 1.49. The van der Waals surface area contributed by atoms with Gasteiger partial charge in [0.2, 0.25) is 0 Å². The average molecular weight is 396 g/mol. The van der Waals surface area contributed by atoms with Crippen LogP contribution in [0.4, 0.5) is 4.79 Å². The summed E-state index contributed by atoms with van der Waals surface area (Å²) in [6, 6.07) is 5.86. The Morgan fingerprint density at radius 2 is 2.29 bits per heavy atom. The maximum atomic E-state index is 12.3. The molecule has 1 aromatic carbocycles. The Bertz CT molecular complexity index is 581. The molecule has 2 aliphatic heterocycles. The van der Waals surface area contributed by atoms with Crippen molar-refractivity contribution in [1.82, 2.24) is 15.5 Å². The Hall–Kier alpha value is -1.27. The minimum absolute atomic E-state index is 0.00594. The molecule has 2 atom stereocenters. The van der Waals surface area contributed by atoms with Gasteiger partial charge in [0.05, 0.1) is 12.6 Å². The summed E-state index contributed by atoms with van der Waals surface area (Å²) in [4.78, 5) is 14.8. The highest BCUT2D eigenvalue weighted by Crippen LogP contribution is 2.34. The van der Waals surface area contributed by atoms with Gasteiger partial charge in [0.1, 0.15) is 5.75 Å². The summed E-state index contributed by atoms with van der Waals surface area (Å²) in [5.41, 5.74) is 1.04. The van der Waals surface area contributed by atoms with Crippen molar-refractivity contribution in [3.63, 3.8) is 0 Å². The van der Waals surface area contributed by atoms with Crippen LogP contribution in [0.5, 0.6) is 5.75 Å². The largest absolute Gasteiger partial charge is 0.493 e. The lowest BCUT2D eigenvalue weighted by Gasteiger charge is -2.27. The maximum Gasteiger partial charge on any atom is 0.315 e. The second-order valence-electron chi connectivity index (χ2n) is 6.68. The van der Waals surface area contributed by atoms with Gasteiger partial charge in [0, 0.05) is 29.5 Å². The fourth-order valence-corrected chi connectivity index (χ4v) is 3.94. The lowest BCUT2D eigenvalue weighted by atomic mass is 10.0. The number of urea groups is 1. The molecule has 2 amide bonds. The number of hydrogen-bond acceptors (Lipinski definition) is 3. The van der Waals surface area contributed by atoms with Crippen molar-refractivity contribution in [2.24, 2.45) is 5.92 Å². The van der Waals surface area contributed by atoms with E-state index < -0.39 is 0 Å². The van der Waals surface area contributed by atoms with Crippen LogP contribution in [0.3, 0.4) is 0 Å². The number of carbonyl (C=O) groups is 1. The molecule has 1 aromatic rings. The van der Waals surface area contributed by atoms with Crippen LogP contribution in [0, 0.1) is 5.92 Å². The standard InChI is InChI=1S/C18H26BrN3O2/c1-2-7-22-8-5-13(12-22)11-20-18(23)21-16-6-9-24-17-4-3-14(19)10-15(16)17/h3-4,10,13,16H,2,5-9,11-12H2,1H3,(H2,20,21,23). The van der Waals surface area contributed by atoms with Gasteiger partial charge in [-0.1, -0.05) is 22.9 Å². The van der Waals surface area contributed by atoms with E-state index in [1.54, 1.807) is 0 Å². The normalized spacial score (nSPS) is 23.4. The number of rotatable bonds is 5. The summed E-state index contributed by atoms with van der Waals surface area (Å²) < 4.78 is 6.67. The van der Waals surface area contributed by atoms with Crippen molar-refractivity contribution in [2.45, 2.75) is 32.2 Å². The van der Waals surface area contributed by atoms with Crippen LogP contribution in [0.1, 0.15) is 37.8 Å². The lowest BCUT2D eigenvalue weighted by molar-refractivity contribution is 0.221. The molecular weight excluding hydrogens is 370 g/mol. The first kappa shape index (κ1) is 17.5. The van der Waals surface area contributed by atoms with E-state index >= 15 is 0 Å². The van der Waals surface area contributed by atoms with E-state index in [0.717, 1.165) is 48.4 Å². The van der Waals surface area contributed by atoms with E-state index in [-0.39, 0.29) is 12.1 Å². The molecule has 5 nitrogen and oxygen atoms in total. The fourth-order valence-electron chi connectivity index (χ4n) is 3.56. The average Bonchev–Trinajstić information content (AvgIpc) is 3.02. The number of nitrogens with one attached hydrogen (secondary N) is 2. The highest BCUT2D eigenvalue weighted by molar-refractivity contribution is 9.10. The molecule has 0 aliphatic carbocycles. The Morgan fingerprint density at radius 1 is 1.42 bits per heavy atom. The van der Waals surface area contributed by atoms with Gasteiger partial charge in [0.25, 0.3) is 0 Å². The third-order valence-electron chi connectivity index (χ3n) is 4.78. The molecule has 132 valence electrons. The summed E-state index contributed by atoms with van der Waals surface area (Å²) in [6.45, 7) is 7.01. The molecule has 6 heteroatoms. The number of benzene rings is 1. The van der Waals surface area contributed by atoms with Crippen LogP contribution in [0.25, 0.3) is 0 Å². The van der Waals surface area contributed by atoms with E-state index in [0.29, 0.717) is 12.5 Å². The maximum absolute atomic E-state index is 12.3. The van der Waals surface area contributed by atoms with Crippen LogP contribution < -0.4 is 15.4 Å². The van der Waals surface area contributed by atoms with Gasteiger partial charge in [-0.3, -0.25) is 0 Å². The molecular formula is C18H26BrN3O2. The quantitative estimate of drug-likeness (QED) is 0.803. The van der Waals surface area contributed by atoms with Crippen LogP contribution in [-0.4, -0.2) is 43.7 Å².